The Balaban J connectivity index is 1.33. The molecule has 11 heteroatoms. The minimum absolute atomic E-state index is 0.0441. The van der Waals surface area contributed by atoms with Gasteiger partial charge in [-0.3, -0.25) is 19.3 Å². The monoisotopic (exact) mass is 482 g/mol. The maximum absolute atomic E-state index is 12.4. The van der Waals surface area contributed by atoms with Gasteiger partial charge in [-0.2, -0.15) is 0 Å². The van der Waals surface area contributed by atoms with E-state index in [0.29, 0.717) is 0 Å². The number of nitrogens with one attached hydrogen (secondary N) is 1. The van der Waals surface area contributed by atoms with Gasteiger partial charge in [0.15, 0.2) is 16.4 Å². The van der Waals surface area contributed by atoms with Crippen LogP contribution in [0.15, 0.2) is 70.0 Å². The lowest BCUT2D eigenvalue weighted by Crippen LogP contribution is -2.24. The molecule has 0 saturated heterocycles. The highest BCUT2D eigenvalue weighted by Crippen LogP contribution is 2.25. The van der Waals surface area contributed by atoms with Crippen LogP contribution in [0.2, 0.25) is 0 Å². The van der Waals surface area contributed by atoms with Gasteiger partial charge in [0.05, 0.1) is 16.0 Å². The van der Waals surface area contributed by atoms with Crippen LogP contribution in [0.3, 0.4) is 0 Å². The molecule has 4 rings (SSSR count). The largest absolute Gasteiger partial charge is 0.453 e. The van der Waals surface area contributed by atoms with Gasteiger partial charge < -0.3 is 14.5 Å². The Kier molecular flexibility index (Phi) is 6.03. The molecular weight excluding hydrogens is 464 g/mol. The predicted molar refractivity (Wildman–Crippen MR) is 118 cm³/mol. The van der Waals surface area contributed by atoms with E-state index in [1.807, 2.05) is 0 Å². The number of furan rings is 1. The van der Waals surface area contributed by atoms with E-state index in [0.717, 1.165) is 4.90 Å². The Bertz CT molecular complexity index is 1410. The fraction of sp³-hybridized carbons (Fsp3) is 0.130. The van der Waals surface area contributed by atoms with Crippen LogP contribution in [-0.4, -0.2) is 50.7 Å². The molecule has 0 atom stereocenters. The fourth-order valence-corrected chi connectivity index (χ4v) is 4.57. The van der Waals surface area contributed by atoms with Crippen molar-refractivity contribution in [3.8, 4) is 0 Å². The van der Waals surface area contributed by atoms with E-state index in [4.69, 9.17) is 9.15 Å². The van der Waals surface area contributed by atoms with Crippen LogP contribution in [0.25, 0.3) is 0 Å². The van der Waals surface area contributed by atoms with Crippen LogP contribution < -0.4 is 5.32 Å². The second-order valence-electron chi connectivity index (χ2n) is 7.39. The number of ether oxygens (including phenoxy) is 1. The van der Waals surface area contributed by atoms with E-state index in [2.05, 4.69) is 5.32 Å². The zero-order valence-electron chi connectivity index (χ0n) is 17.8. The van der Waals surface area contributed by atoms with Crippen LogP contribution in [0, 0.1) is 0 Å². The smallest absolute Gasteiger partial charge is 0.374 e. The van der Waals surface area contributed by atoms with E-state index < -0.39 is 45.9 Å². The topological polar surface area (TPSA) is 140 Å². The highest BCUT2D eigenvalue weighted by molar-refractivity contribution is 7.90. The highest BCUT2D eigenvalue weighted by atomic mass is 32.2. The fourth-order valence-electron chi connectivity index (χ4n) is 3.30. The second-order valence-corrected chi connectivity index (χ2v) is 9.38. The van der Waals surface area contributed by atoms with Crippen molar-refractivity contribution in [2.75, 3.05) is 19.0 Å². The van der Waals surface area contributed by atoms with Crippen LogP contribution in [0.4, 0.5) is 5.69 Å². The van der Waals surface area contributed by atoms with Crippen LogP contribution in [0.1, 0.15) is 37.0 Å². The standard InChI is InChI=1S/C23H18N2O8S/c1-25-21(27)17-9-7-14(11-18(17)22(25)28)24-20(26)12-32-23(29)19-10-8-15(33-19)13-34(30,31)16-5-3-2-4-6-16/h2-11H,12-13H2,1H3,(H,24,26). The molecule has 174 valence electrons. The lowest BCUT2D eigenvalue weighted by atomic mass is 10.1. The molecule has 2 heterocycles. The number of carbonyl (C=O) groups excluding carboxylic acids is 4. The van der Waals surface area contributed by atoms with Gasteiger partial charge in [0, 0.05) is 12.7 Å². The van der Waals surface area contributed by atoms with E-state index in [1.165, 1.54) is 49.5 Å². The lowest BCUT2D eigenvalue weighted by Gasteiger charge is -2.07. The number of hydrogen-bond donors (Lipinski definition) is 1. The normalized spacial score (nSPS) is 13.0. The number of amides is 3. The highest BCUT2D eigenvalue weighted by Gasteiger charge is 2.32. The Morgan fingerprint density at radius 2 is 1.68 bits per heavy atom. The SMILES string of the molecule is CN1C(=O)c2ccc(NC(=O)COC(=O)c3ccc(CS(=O)(=O)c4ccccc4)o3)cc2C1=O. The van der Waals surface area contributed by atoms with Crippen molar-refractivity contribution in [1.29, 1.82) is 0 Å². The first-order chi connectivity index (χ1) is 16.2. The van der Waals surface area contributed by atoms with Crippen LogP contribution >= 0.6 is 0 Å². The molecule has 1 aliphatic rings. The third kappa shape index (κ3) is 4.59. The minimum Gasteiger partial charge on any atom is -0.453 e. The number of nitrogens with zero attached hydrogens (tertiary/aromatic N) is 1. The van der Waals surface area contributed by atoms with Gasteiger partial charge in [-0.05, 0) is 42.5 Å². The third-order valence-corrected chi connectivity index (χ3v) is 6.66. The number of anilines is 1. The molecule has 0 radical (unpaired) electrons. The Labute approximate surface area is 194 Å². The molecule has 1 aliphatic heterocycles. The number of fused-ring (bicyclic) bond motifs is 1. The predicted octanol–water partition coefficient (Wildman–Crippen LogP) is 2.27. The molecule has 2 aromatic carbocycles. The molecule has 3 aromatic rings. The summed E-state index contributed by atoms with van der Waals surface area (Å²) in [6.07, 6.45) is 0. The van der Waals surface area contributed by atoms with E-state index in [1.54, 1.807) is 18.2 Å². The van der Waals surface area contributed by atoms with Gasteiger partial charge in [0.1, 0.15) is 11.5 Å². The molecule has 34 heavy (non-hydrogen) atoms. The first-order valence-corrected chi connectivity index (χ1v) is 11.6. The summed E-state index contributed by atoms with van der Waals surface area (Å²) in [4.78, 5) is 49.4. The number of rotatable bonds is 7. The molecular formula is C23H18N2O8S. The maximum Gasteiger partial charge on any atom is 0.374 e. The molecule has 0 fully saturated rings. The molecule has 0 aliphatic carbocycles. The number of benzene rings is 2. The summed E-state index contributed by atoms with van der Waals surface area (Å²) in [5.41, 5.74) is 0.651. The summed E-state index contributed by atoms with van der Waals surface area (Å²) in [5.74, 6) is -3.20. The number of carbonyl (C=O) groups is 4. The van der Waals surface area contributed by atoms with Gasteiger partial charge >= 0.3 is 5.97 Å². The summed E-state index contributed by atoms with van der Waals surface area (Å²) < 4.78 is 35.0. The molecule has 0 bridgehead atoms. The van der Waals surface area contributed by atoms with Crippen molar-refractivity contribution >= 4 is 39.2 Å². The number of hydrogen-bond acceptors (Lipinski definition) is 8. The van der Waals surface area contributed by atoms with Gasteiger partial charge in [0.2, 0.25) is 5.76 Å². The second kappa shape index (κ2) is 8.94. The lowest BCUT2D eigenvalue weighted by molar-refractivity contribution is -0.119. The first kappa shape index (κ1) is 22.9. The number of sulfone groups is 1. The molecule has 0 spiro atoms. The molecule has 10 nitrogen and oxygen atoms in total. The zero-order chi connectivity index (χ0) is 24.5. The summed E-state index contributed by atoms with van der Waals surface area (Å²) >= 11 is 0. The molecule has 1 N–H and O–H groups in total. The quantitative estimate of drug-likeness (QED) is 0.400. The van der Waals surface area contributed by atoms with E-state index in [9.17, 15) is 27.6 Å². The first-order valence-electron chi connectivity index (χ1n) is 9.95. The van der Waals surface area contributed by atoms with Crippen molar-refractivity contribution in [3.63, 3.8) is 0 Å². The Morgan fingerprint density at radius 1 is 0.971 bits per heavy atom. The van der Waals surface area contributed by atoms with Crippen molar-refractivity contribution in [1.82, 2.24) is 4.90 Å². The maximum atomic E-state index is 12.4. The summed E-state index contributed by atoms with van der Waals surface area (Å²) in [6, 6.07) is 14.7. The van der Waals surface area contributed by atoms with Gasteiger partial charge in [-0.25, -0.2) is 13.2 Å². The van der Waals surface area contributed by atoms with Crippen LogP contribution in [0.5, 0.6) is 0 Å². The van der Waals surface area contributed by atoms with Crippen molar-refractivity contribution in [3.05, 3.63) is 83.3 Å². The number of imide groups is 1. The van der Waals surface area contributed by atoms with Crippen molar-refractivity contribution in [2.45, 2.75) is 10.6 Å². The Hall–Kier alpha value is -4.25. The van der Waals surface area contributed by atoms with Crippen molar-refractivity contribution < 1.29 is 36.7 Å². The van der Waals surface area contributed by atoms with Gasteiger partial charge in [0.25, 0.3) is 17.7 Å². The molecule has 1 aromatic heterocycles. The average Bonchev–Trinajstić information content (AvgIpc) is 3.36. The molecule has 0 saturated carbocycles. The third-order valence-electron chi connectivity index (χ3n) is 5.01. The van der Waals surface area contributed by atoms with Crippen molar-refractivity contribution in [2.24, 2.45) is 0 Å². The summed E-state index contributed by atoms with van der Waals surface area (Å²) in [5, 5.41) is 2.48. The van der Waals surface area contributed by atoms with Crippen LogP contribution in [-0.2, 0) is 25.1 Å². The molecule has 0 unspecified atom stereocenters. The minimum atomic E-state index is -3.66. The van der Waals surface area contributed by atoms with E-state index >= 15 is 0 Å². The number of esters is 1. The average molecular weight is 482 g/mol. The summed E-state index contributed by atoms with van der Waals surface area (Å²) in [7, 11) is -2.30. The van der Waals surface area contributed by atoms with E-state index in [-0.39, 0.29) is 33.2 Å². The molecule has 3 amide bonds. The van der Waals surface area contributed by atoms with Gasteiger partial charge in [-0.1, -0.05) is 18.2 Å². The van der Waals surface area contributed by atoms with Gasteiger partial charge in [-0.15, -0.1) is 0 Å². The summed E-state index contributed by atoms with van der Waals surface area (Å²) in [6.45, 7) is -0.652. The zero-order valence-corrected chi connectivity index (χ0v) is 18.6. The Morgan fingerprint density at radius 3 is 2.41 bits per heavy atom.